The van der Waals surface area contributed by atoms with E-state index < -0.39 is 128 Å². The minimum atomic E-state index is -1.81. The van der Waals surface area contributed by atoms with E-state index in [1.165, 1.54) is 18.1 Å². The van der Waals surface area contributed by atoms with Crippen LogP contribution in [-0.2, 0) is 28.4 Å². The van der Waals surface area contributed by atoms with Gasteiger partial charge in [0.1, 0.15) is 67.1 Å². The third-order valence-corrected chi connectivity index (χ3v) is 18.9. The van der Waals surface area contributed by atoms with Gasteiger partial charge in [-0.05, 0) is 91.9 Å². The Morgan fingerprint density at radius 1 is 0.652 bits per heavy atom. The van der Waals surface area contributed by atoms with Crippen molar-refractivity contribution < 1.29 is 89.7 Å². The Kier molecular flexibility index (Phi) is 14.0. The van der Waals surface area contributed by atoms with Crippen molar-refractivity contribution in [1.82, 2.24) is 0 Å². The molecule has 3 heterocycles. The molecule has 8 aliphatic rings. The molecule has 3 saturated heterocycles. The molecule has 0 amide bonds. The average Bonchev–Trinajstić information content (AvgIpc) is 3.27. The van der Waals surface area contributed by atoms with E-state index in [4.69, 9.17) is 28.4 Å². The van der Waals surface area contributed by atoms with Gasteiger partial charge in [0.15, 0.2) is 18.9 Å². The highest BCUT2D eigenvalue weighted by Crippen LogP contribution is 2.74. The van der Waals surface area contributed by atoms with Crippen LogP contribution >= 0.6 is 0 Å². The Labute approximate surface area is 387 Å². The number of allylic oxidation sites excluding steroid dienone is 3. The lowest BCUT2D eigenvalue weighted by Gasteiger charge is -2.70. The Bertz CT molecular complexity index is 1810. The molecule has 0 spiro atoms. The topological polar surface area (TPSA) is 298 Å². The van der Waals surface area contributed by atoms with E-state index in [0.29, 0.717) is 19.3 Å². The zero-order valence-electron chi connectivity index (χ0n) is 39.4. The van der Waals surface area contributed by atoms with E-state index in [0.717, 1.165) is 32.1 Å². The molecule has 0 aromatic rings. The van der Waals surface area contributed by atoms with Crippen LogP contribution in [0.5, 0.6) is 0 Å². The number of aliphatic hydroxyl groups excluding tert-OH is 12. The summed E-state index contributed by atoms with van der Waals surface area (Å²) in [7, 11) is 0. The molecule has 18 nitrogen and oxygen atoms in total. The molecule has 12 N–H and O–H groups in total. The Morgan fingerprint density at radius 3 is 1.95 bits per heavy atom. The largest absolute Gasteiger partial charge is 0.396 e. The molecular weight excluding hydrogens is 865 g/mol. The summed E-state index contributed by atoms with van der Waals surface area (Å²) in [5, 5.41) is 131. The summed E-state index contributed by atoms with van der Waals surface area (Å²) in [4.78, 5) is 0. The fraction of sp³-hybridized carbons (Fsp3) is 0.917. The van der Waals surface area contributed by atoms with Gasteiger partial charge in [-0.25, -0.2) is 0 Å². The zero-order valence-corrected chi connectivity index (χ0v) is 39.4. The molecule has 18 heteroatoms. The van der Waals surface area contributed by atoms with Crippen molar-refractivity contribution in [2.75, 3.05) is 26.4 Å². The van der Waals surface area contributed by atoms with Gasteiger partial charge in [0.25, 0.3) is 0 Å². The first-order valence-electron chi connectivity index (χ1n) is 24.1. The van der Waals surface area contributed by atoms with E-state index in [1.807, 2.05) is 6.92 Å². The van der Waals surface area contributed by atoms with Crippen LogP contribution < -0.4 is 0 Å². The smallest absolute Gasteiger partial charge is 0.187 e. The van der Waals surface area contributed by atoms with Crippen molar-refractivity contribution in [2.24, 2.45) is 44.3 Å². The molecule has 8 rings (SSSR count). The number of hydrogen-bond acceptors (Lipinski definition) is 18. The second-order valence-electron chi connectivity index (χ2n) is 23.1. The number of fused-ring (bicyclic) bond motifs is 6. The SMILES string of the molecule is C[C@H]1O[C@@H](O[C@H]2[C@H](O)[C@@H](O)[C@H](O[C@H]3CC[C@@]4(C)C(CC[C@]5(C)C4C=CC4=C6CC(C)(C)CCC6(CO)[C@H](O)C[C@]45C)[C@]3(C)CO)O[C@@H]2CO[C@@H]2O[C@H](CO)[C@@H](O)[C@H](O)[C@H]2O)[C@H](O)[C@H](O)[C@H]1O. The number of aliphatic hydroxyl groups is 12. The summed E-state index contributed by atoms with van der Waals surface area (Å²) < 4.78 is 36.1. The molecule has 24 atom stereocenters. The van der Waals surface area contributed by atoms with Crippen LogP contribution in [0.15, 0.2) is 23.3 Å². The minimum Gasteiger partial charge on any atom is -0.396 e. The molecule has 0 radical (unpaired) electrons. The van der Waals surface area contributed by atoms with Crippen LogP contribution in [0.25, 0.3) is 0 Å². The summed E-state index contributed by atoms with van der Waals surface area (Å²) in [6.07, 6.45) is -14.9. The van der Waals surface area contributed by atoms with Gasteiger partial charge < -0.3 is 89.7 Å². The number of hydrogen-bond donors (Lipinski definition) is 12. The van der Waals surface area contributed by atoms with Crippen LogP contribution in [0.3, 0.4) is 0 Å². The van der Waals surface area contributed by atoms with E-state index in [2.05, 4.69) is 46.8 Å². The van der Waals surface area contributed by atoms with Gasteiger partial charge in [-0.1, -0.05) is 59.3 Å². The second kappa shape index (κ2) is 18.1. The van der Waals surface area contributed by atoms with Crippen molar-refractivity contribution in [3.8, 4) is 0 Å². The molecule has 378 valence electrons. The van der Waals surface area contributed by atoms with Gasteiger partial charge in [-0.15, -0.1) is 0 Å². The van der Waals surface area contributed by atoms with Crippen molar-refractivity contribution in [1.29, 1.82) is 0 Å². The van der Waals surface area contributed by atoms with Crippen molar-refractivity contribution in [3.63, 3.8) is 0 Å². The summed E-state index contributed by atoms with van der Waals surface area (Å²) in [6.45, 7) is 13.3. The molecule has 3 aliphatic heterocycles. The lowest BCUT2D eigenvalue weighted by Crippen LogP contribution is -2.67. The van der Waals surface area contributed by atoms with Gasteiger partial charge in [0.05, 0.1) is 44.7 Å². The summed E-state index contributed by atoms with van der Waals surface area (Å²) in [5.74, 6) is -0.0380. The third-order valence-electron chi connectivity index (χ3n) is 18.9. The van der Waals surface area contributed by atoms with Gasteiger partial charge in [0, 0.05) is 16.2 Å². The van der Waals surface area contributed by atoms with Crippen molar-refractivity contribution in [2.45, 2.75) is 204 Å². The van der Waals surface area contributed by atoms with E-state index >= 15 is 0 Å². The predicted octanol–water partition coefficient (Wildman–Crippen LogP) is -0.495. The average molecular weight is 943 g/mol. The lowest BCUT2D eigenvalue weighted by molar-refractivity contribution is -0.374. The first kappa shape index (κ1) is 51.1. The fourth-order valence-corrected chi connectivity index (χ4v) is 14.4. The van der Waals surface area contributed by atoms with Gasteiger partial charge in [0.2, 0.25) is 0 Å². The Hall–Kier alpha value is -1.24. The van der Waals surface area contributed by atoms with E-state index in [9.17, 15) is 61.3 Å². The predicted molar refractivity (Wildman–Crippen MR) is 231 cm³/mol. The Morgan fingerprint density at radius 2 is 1.29 bits per heavy atom. The normalized spacial score (nSPS) is 54.8. The van der Waals surface area contributed by atoms with E-state index in [1.54, 1.807) is 0 Å². The quantitative estimate of drug-likeness (QED) is 0.123. The van der Waals surface area contributed by atoms with Crippen LogP contribution in [-0.4, -0.2) is 192 Å². The molecule has 66 heavy (non-hydrogen) atoms. The fourth-order valence-electron chi connectivity index (χ4n) is 14.4. The highest BCUT2D eigenvalue weighted by atomic mass is 16.8. The van der Waals surface area contributed by atoms with Crippen LogP contribution in [0, 0.1) is 44.3 Å². The molecule has 3 unspecified atom stereocenters. The zero-order chi connectivity index (χ0) is 48.3. The highest BCUT2D eigenvalue weighted by Gasteiger charge is 2.69. The second-order valence-corrected chi connectivity index (χ2v) is 23.1. The van der Waals surface area contributed by atoms with Crippen molar-refractivity contribution >= 4 is 0 Å². The van der Waals surface area contributed by atoms with Crippen LogP contribution in [0.2, 0.25) is 0 Å². The molecule has 0 aromatic heterocycles. The summed E-state index contributed by atoms with van der Waals surface area (Å²) >= 11 is 0. The first-order valence-corrected chi connectivity index (χ1v) is 24.1. The monoisotopic (exact) mass is 943 g/mol. The van der Waals surface area contributed by atoms with Gasteiger partial charge in [-0.2, -0.15) is 0 Å². The first-order chi connectivity index (χ1) is 30.9. The molecule has 5 aliphatic carbocycles. The Balaban J connectivity index is 1.06. The maximum absolute atomic E-state index is 12.1. The van der Waals surface area contributed by atoms with Gasteiger partial charge >= 0.3 is 0 Å². The lowest BCUT2D eigenvalue weighted by atomic mass is 9.35. The van der Waals surface area contributed by atoms with Gasteiger partial charge in [-0.3, -0.25) is 0 Å². The van der Waals surface area contributed by atoms with Crippen LogP contribution in [0.1, 0.15) is 99.8 Å². The summed E-state index contributed by atoms with van der Waals surface area (Å²) in [6, 6.07) is 0. The molecule has 6 fully saturated rings. The molecule has 0 bridgehead atoms. The van der Waals surface area contributed by atoms with E-state index in [-0.39, 0.29) is 46.7 Å². The molecule has 0 aromatic carbocycles. The van der Waals surface area contributed by atoms with Crippen LogP contribution in [0.4, 0.5) is 0 Å². The molecule has 3 saturated carbocycles. The number of rotatable bonds is 10. The maximum Gasteiger partial charge on any atom is 0.187 e. The minimum absolute atomic E-state index is 0.0333. The third kappa shape index (κ3) is 7.84. The van der Waals surface area contributed by atoms with Crippen molar-refractivity contribution in [3.05, 3.63) is 23.3 Å². The summed E-state index contributed by atoms with van der Waals surface area (Å²) in [5.41, 5.74) is -0.0774. The number of ether oxygens (including phenoxy) is 6. The standard InChI is InChI=1S/C48H78O18/c1-22-31(53)33(55)37(59)41(62-22)66-39-26(19-61-40-36(58)34(56)32(54)25(18-49)63-40)64-42(38(60)35(39)57)65-30-11-12-44(4)27(45(30,5)20-50)10-13-46(6)28(44)9-8-23-24-16-43(2,3)14-15-48(24,21-51)29(52)17-47(23,46)7/h8-9,22,25-42,49-60H,10-21H2,1-7H3/t22-,25-,26-,27?,28?,29-,30+,31+,32-,33-,34+,35-,36-,37-,38-,39-,40-,41+,42+,44+,45+,46-,47-,48?/m1/s1. The maximum atomic E-state index is 12.1. The molecular formula is C48H78O18. The highest BCUT2D eigenvalue weighted by molar-refractivity contribution is 5.47.